The van der Waals surface area contributed by atoms with Gasteiger partial charge in [0.05, 0.1) is 5.60 Å². The van der Waals surface area contributed by atoms with Gasteiger partial charge < -0.3 is 10.1 Å². The van der Waals surface area contributed by atoms with Crippen LogP contribution in [0, 0.1) is 0 Å². The third-order valence-corrected chi connectivity index (χ3v) is 3.51. The van der Waals surface area contributed by atoms with Crippen molar-refractivity contribution in [2.24, 2.45) is 0 Å². The molecular weight excluding hydrogens is 294 g/mol. The first-order valence-corrected chi connectivity index (χ1v) is 7.22. The molecule has 1 saturated heterocycles. The van der Waals surface area contributed by atoms with Crippen LogP contribution in [0.3, 0.4) is 0 Å². The molecule has 0 aliphatic carbocycles. The third kappa shape index (κ3) is 3.65. The predicted octanol–water partition coefficient (Wildman–Crippen LogP) is 3.17. The lowest BCUT2D eigenvalue weighted by Gasteiger charge is -2.36. The fourth-order valence-corrected chi connectivity index (χ4v) is 2.68. The van der Waals surface area contributed by atoms with Crippen LogP contribution in [0.4, 0.5) is 5.82 Å². The largest absolute Gasteiger partial charge is 0.375 e. The van der Waals surface area contributed by atoms with E-state index in [1.807, 2.05) is 6.07 Å². The molecule has 1 aliphatic heterocycles. The summed E-state index contributed by atoms with van der Waals surface area (Å²) in [4.78, 5) is 8.82. The van der Waals surface area contributed by atoms with Crippen LogP contribution in [0.15, 0.2) is 10.7 Å². The zero-order valence-corrected chi connectivity index (χ0v) is 12.7. The zero-order valence-electron chi connectivity index (χ0n) is 11.2. The Morgan fingerprint density at radius 1 is 1.50 bits per heavy atom. The van der Waals surface area contributed by atoms with Crippen LogP contribution >= 0.6 is 15.9 Å². The van der Waals surface area contributed by atoms with Crippen LogP contribution in [-0.4, -0.2) is 28.2 Å². The minimum atomic E-state index is -0.0479. The first-order chi connectivity index (χ1) is 8.48. The summed E-state index contributed by atoms with van der Waals surface area (Å²) in [5, 5.41) is 3.49. The number of nitrogens with zero attached hydrogens (tertiary/aromatic N) is 2. The highest BCUT2D eigenvalue weighted by atomic mass is 79.9. The van der Waals surface area contributed by atoms with Gasteiger partial charge in [-0.2, -0.15) is 0 Å². The number of rotatable bonds is 3. The van der Waals surface area contributed by atoms with Crippen LogP contribution in [0.5, 0.6) is 0 Å². The minimum Gasteiger partial charge on any atom is -0.375 e. The Labute approximate surface area is 117 Å². The van der Waals surface area contributed by atoms with Crippen LogP contribution in [0.2, 0.25) is 0 Å². The predicted molar refractivity (Wildman–Crippen MR) is 75.8 cm³/mol. The van der Waals surface area contributed by atoms with Gasteiger partial charge in [0, 0.05) is 25.1 Å². The molecule has 1 atom stereocenters. The molecule has 4 nitrogen and oxygen atoms in total. The first kappa shape index (κ1) is 13.7. The number of aryl methyl sites for hydroxylation is 1. The molecule has 1 aliphatic rings. The average molecular weight is 314 g/mol. The van der Waals surface area contributed by atoms with Gasteiger partial charge >= 0.3 is 0 Å². The molecule has 1 fully saturated rings. The smallest absolute Gasteiger partial charge is 0.131 e. The molecule has 1 aromatic rings. The number of hydrogen-bond donors (Lipinski definition) is 1. The van der Waals surface area contributed by atoms with Gasteiger partial charge in [-0.15, -0.1) is 0 Å². The molecule has 1 aromatic heterocycles. The van der Waals surface area contributed by atoms with Gasteiger partial charge in [-0.25, -0.2) is 9.97 Å². The number of anilines is 1. The molecule has 2 rings (SSSR count). The molecular formula is C13H20BrN3O. The maximum absolute atomic E-state index is 5.72. The molecule has 5 heteroatoms. The lowest BCUT2D eigenvalue weighted by Crippen LogP contribution is -2.40. The number of ether oxygens (including phenoxy) is 1. The van der Waals surface area contributed by atoms with Crippen molar-refractivity contribution in [2.75, 3.05) is 11.9 Å². The van der Waals surface area contributed by atoms with Gasteiger partial charge in [0.1, 0.15) is 16.2 Å². The Kier molecular flexibility index (Phi) is 4.22. The molecule has 0 aromatic carbocycles. The zero-order chi connectivity index (χ0) is 13.2. The van der Waals surface area contributed by atoms with Crippen LogP contribution < -0.4 is 5.32 Å². The van der Waals surface area contributed by atoms with Gasteiger partial charge in [0.15, 0.2) is 0 Å². The maximum atomic E-state index is 5.72. The van der Waals surface area contributed by atoms with E-state index in [0.29, 0.717) is 6.04 Å². The highest BCUT2D eigenvalue weighted by Crippen LogP contribution is 2.26. The van der Waals surface area contributed by atoms with E-state index in [0.717, 1.165) is 42.1 Å². The second kappa shape index (κ2) is 5.53. The summed E-state index contributed by atoms with van der Waals surface area (Å²) in [7, 11) is 0. The van der Waals surface area contributed by atoms with Crippen molar-refractivity contribution in [1.82, 2.24) is 9.97 Å². The van der Waals surface area contributed by atoms with Gasteiger partial charge in [-0.3, -0.25) is 0 Å². The third-order valence-electron chi connectivity index (χ3n) is 3.11. The van der Waals surface area contributed by atoms with Gasteiger partial charge in [0.25, 0.3) is 0 Å². The van der Waals surface area contributed by atoms with E-state index in [-0.39, 0.29) is 5.60 Å². The monoisotopic (exact) mass is 313 g/mol. The molecule has 0 bridgehead atoms. The van der Waals surface area contributed by atoms with Crippen molar-refractivity contribution >= 4 is 21.7 Å². The molecule has 1 unspecified atom stereocenters. The van der Waals surface area contributed by atoms with Crippen molar-refractivity contribution < 1.29 is 4.74 Å². The summed E-state index contributed by atoms with van der Waals surface area (Å²) in [6.07, 6.45) is 2.86. The fourth-order valence-electron chi connectivity index (χ4n) is 2.26. The summed E-state index contributed by atoms with van der Waals surface area (Å²) in [6.45, 7) is 7.13. The van der Waals surface area contributed by atoms with Crippen LogP contribution in [-0.2, 0) is 11.2 Å². The fraction of sp³-hybridized carbons (Fsp3) is 0.692. The van der Waals surface area contributed by atoms with E-state index >= 15 is 0 Å². The topological polar surface area (TPSA) is 47.0 Å². The van der Waals surface area contributed by atoms with Crippen molar-refractivity contribution in [1.29, 1.82) is 0 Å². The first-order valence-electron chi connectivity index (χ1n) is 6.42. The molecule has 100 valence electrons. The second-order valence-corrected chi connectivity index (χ2v) is 6.10. The lowest BCUT2D eigenvalue weighted by molar-refractivity contribution is -0.0553. The lowest BCUT2D eigenvalue weighted by atomic mass is 9.94. The van der Waals surface area contributed by atoms with E-state index in [1.54, 1.807) is 0 Å². The van der Waals surface area contributed by atoms with Crippen molar-refractivity contribution in [3.8, 4) is 0 Å². The SMILES string of the molecule is CCc1nc(Br)cc(NC2CCOC(C)(C)C2)n1. The standard InChI is InChI=1S/C13H20BrN3O/c1-4-11-16-10(14)7-12(17-11)15-9-5-6-18-13(2,3)8-9/h7,9H,4-6,8H2,1-3H3,(H,15,16,17). The van der Waals surface area contributed by atoms with Crippen LogP contribution in [0.1, 0.15) is 39.4 Å². The van der Waals surface area contributed by atoms with Crippen molar-refractivity contribution in [2.45, 2.75) is 51.7 Å². The summed E-state index contributed by atoms with van der Waals surface area (Å²) in [6, 6.07) is 2.35. The molecule has 0 radical (unpaired) electrons. The van der Waals surface area contributed by atoms with Crippen LogP contribution in [0.25, 0.3) is 0 Å². The maximum Gasteiger partial charge on any atom is 0.131 e. The van der Waals surface area contributed by atoms with E-state index < -0.39 is 0 Å². The molecule has 1 N–H and O–H groups in total. The summed E-state index contributed by atoms with van der Waals surface area (Å²) in [5.41, 5.74) is -0.0479. The van der Waals surface area contributed by atoms with Crippen molar-refractivity contribution in [3.05, 3.63) is 16.5 Å². The summed E-state index contributed by atoms with van der Waals surface area (Å²) in [5.74, 6) is 1.76. The van der Waals surface area contributed by atoms with Gasteiger partial charge in [0.2, 0.25) is 0 Å². The molecule has 18 heavy (non-hydrogen) atoms. The second-order valence-electron chi connectivity index (χ2n) is 5.29. The number of hydrogen-bond acceptors (Lipinski definition) is 4. The quantitative estimate of drug-likeness (QED) is 0.871. The Balaban J connectivity index is 2.07. The highest BCUT2D eigenvalue weighted by Gasteiger charge is 2.28. The summed E-state index contributed by atoms with van der Waals surface area (Å²) < 4.78 is 6.56. The normalized spacial score (nSPS) is 22.8. The highest BCUT2D eigenvalue weighted by molar-refractivity contribution is 9.10. The summed E-state index contributed by atoms with van der Waals surface area (Å²) >= 11 is 3.43. The number of halogens is 1. The molecule has 0 saturated carbocycles. The molecule has 0 amide bonds. The molecule has 2 heterocycles. The Hall–Kier alpha value is -0.680. The van der Waals surface area contributed by atoms with E-state index in [9.17, 15) is 0 Å². The Bertz CT molecular complexity index is 423. The van der Waals surface area contributed by atoms with Crippen molar-refractivity contribution in [3.63, 3.8) is 0 Å². The number of nitrogens with one attached hydrogen (secondary N) is 1. The number of aromatic nitrogens is 2. The van der Waals surface area contributed by atoms with E-state index in [2.05, 4.69) is 52.0 Å². The average Bonchev–Trinajstić information content (AvgIpc) is 2.26. The Morgan fingerprint density at radius 3 is 2.94 bits per heavy atom. The van der Waals surface area contributed by atoms with E-state index in [4.69, 9.17) is 4.74 Å². The van der Waals surface area contributed by atoms with Gasteiger partial charge in [-0.1, -0.05) is 6.92 Å². The Morgan fingerprint density at radius 2 is 2.28 bits per heavy atom. The minimum absolute atomic E-state index is 0.0479. The van der Waals surface area contributed by atoms with E-state index in [1.165, 1.54) is 0 Å². The van der Waals surface area contributed by atoms with Gasteiger partial charge in [-0.05, 0) is 42.6 Å². The molecule has 0 spiro atoms.